The van der Waals surface area contributed by atoms with Gasteiger partial charge >= 0.3 is 5.69 Å². The molecular weight excluding hydrogens is 246 g/mol. The smallest absolute Gasteiger partial charge is 0.328 e. The van der Waals surface area contributed by atoms with Gasteiger partial charge in [-0.25, -0.2) is 4.79 Å². The molecule has 0 unspecified atom stereocenters. The Morgan fingerprint density at radius 1 is 1.42 bits per heavy atom. The van der Waals surface area contributed by atoms with Crippen LogP contribution in [0.2, 0.25) is 0 Å². The molecule has 2 bridgehead atoms. The van der Waals surface area contributed by atoms with Crippen molar-refractivity contribution in [2.24, 2.45) is 5.92 Å². The maximum absolute atomic E-state index is 12.3. The van der Waals surface area contributed by atoms with E-state index in [4.69, 9.17) is 0 Å². The minimum absolute atomic E-state index is 0.186. The largest absolute Gasteiger partial charge is 0.328 e. The Morgan fingerprint density at radius 2 is 2.21 bits per heavy atom. The Bertz CT molecular complexity index is 781. The van der Waals surface area contributed by atoms with Crippen molar-refractivity contribution >= 4 is 17.1 Å². The number of nitrogens with zero attached hydrogens (tertiary/aromatic N) is 3. The highest BCUT2D eigenvalue weighted by molar-refractivity contribution is 5.91. The van der Waals surface area contributed by atoms with E-state index in [1.54, 1.807) is 6.07 Å². The summed E-state index contributed by atoms with van der Waals surface area (Å²) in [5, 5.41) is 10.5. The molecule has 0 spiro atoms. The minimum Gasteiger partial charge on any atom is -0.328 e. The van der Waals surface area contributed by atoms with Crippen molar-refractivity contribution in [3.05, 3.63) is 35.0 Å². The second-order valence-corrected chi connectivity index (χ2v) is 5.15. The predicted molar refractivity (Wildman–Crippen MR) is 66.1 cm³/mol. The molecule has 2 saturated heterocycles. The first-order valence-corrected chi connectivity index (χ1v) is 6.05. The summed E-state index contributed by atoms with van der Waals surface area (Å²) in [4.78, 5) is 27.1. The summed E-state index contributed by atoms with van der Waals surface area (Å²) in [6, 6.07) is 1.67. The maximum Gasteiger partial charge on any atom is 0.328 e. The zero-order valence-corrected chi connectivity index (χ0v) is 10.0. The Hall–Kier alpha value is -2.44. The number of amides is 1. The number of hydrogen-bond donors (Lipinski definition) is 2. The van der Waals surface area contributed by atoms with E-state index in [1.807, 2.05) is 0 Å². The molecule has 2 aromatic heterocycles. The van der Waals surface area contributed by atoms with E-state index in [0.717, 1.165) is 5.70 Å². The minimum atomic E-state index is -0.836. The van der Waals surface area contributed by atoms with Crippen LogP contribution in [0.4, 0.5) is 0 Å². The van der Waals surface area contributed by atoms with Gasteiger partial charge in [-0.15, -0.1) is 5.10 Å². The molecule has 5 rings (SSSR count). The molecule has 7 nitrogen and oxygen atoms in total. The summed E-state index contributed by atoms with van der Waals surface area (Å²) in [7, 11) is 0. The fourth-order valence-electron chi connectivity index (χ4n) is 3.09. The number of nitrogens with one attached hydrogen (secondary N) is 2. The molecule has 1 aliphatic carbocycles. The van der Waals surface area contributed by atoms with Crippen molar-refractivity contribution in [2.75, 3.05) is 0 Å². The van der Waals surface area contributed by atoms with Gasteiger partial charge in [0.25, 0.3) is 5.91 Å². The molecule has 3 fully saturated rings. The SMILES string of the molecule is C=C1NC(=O)C2(n3c(=O)[nH]c4ccnnc43)CC1C2. The van der Waals surface area contributed by atoms with E-state index in [1.165, 1.54) is 10.8 Å². The lowest BCUT2D eigenvalue weighted by molar-refractivity contribution is -0.140. The van der Waals surface area contributed by atoms with Crippen LogP contribution in [-0.4, -0.2) is 25.7 Å². The molecule has 0 aromatic carbocycles. The van der Waals surface area contributed by atoms with Gasteiger partial charge < -0.3 is 10.3 Å². The standard InChI is InChI=1S/C12H11N5O2/c1-6-7-4-12(5-7,10(18)14-6)17-9-8(15-11(17)19)2-3-13-16-9/h2-3,7H,1,4-5H2,(H,14,18)(H,15,19). The number of carbonyl (C=O) groups excluding carboxylic acids is 1. The first-order valence-electron chi connectivity index (χ1n) is 6.05. The third kappa shape index (κ3) is 1.12. The van der Waals surface area contributed by atoms with Crippen molar-refractivity contribution < 1.29 is 4.79 Å². The molecule has 1 saturated carbocycles. The molecular formula is C12H11N5O2. The Morgan fingerprint density at radius 3 is 2.95 bits per heavy atom. The summed E-state index contributed by atoms with van der Waals surface area (Å²) in [5.41, 5.74) is 0.600. The van der Waals surface area contributed by atoms with Gasteiger partial charge in [0.1, 0.15) is 5.54 Å². The highest BCUT2D eigenvalue weighted by atomic mass is 16.2. The van der Waals surface area contributed by atoms with E-state index < -0.39 is 5.54 Å². The fourth-order valence-corrected chi connectivity index (χ4v) is 3.09. The number of piperidine rings is 2. The third-order valence-electron chi connectivity index (χ3n) is 4.14. The van der Waals surface area contributed by atoms with Crippen molar-refractivity contribution in [3.63, 3.8) is 0 Å². The van der Waals surface area contributed by atoms with Crippen LogP contribution in [0.1, 0.15) is 12.8 Å². The Labute approximate surface area is 107 Å². The van der Waals surface area contributed by atoms with Gasteiger partial charge in [0.05, 0.1) is 11.7 Å². The van der Waals surface area contributed by atoms with Gasteiger partial charge in [0, 0.05) is 11.6 Å². The number of fused-ring (bicyclic) bond motifs is 3. The Kier molecular flexibility index (Phi) is 1.72. The van der Waals surface area contributed by atoms with Crippen LogP contribution in [0.25, 0.3) is 11.2 Å². The van der Waals surface area contributed by atoms with Gasteiger partial charge in [-0.05, 0) is 18.9 Å². The summed E-state index contributed by atoms with van der Waals surface area (Å²) < 4.78 is 1.44. The lowest BCUT2D eigenvalue weighted by Gasteiger charge is -2.51. The number of aromatic nitrogens is 4. The number of aromatic amines is 1. The normalized spacial score (nSPS) is 29.2. The highest BCUT2D eigenvalue weighted by Gasteiger charge is 2.58. The second-order valence-electron chi connectivity index (χ2n) is 5.15. The average molecular weight is 257 g/mol. The molecule has 3 aliphatic rings. The molecule has 2 aliphatic heterocycles. The third-order valence-corrected chi connectivity index (χ3v) is 4.14. The maximum atomic E-state index is 12.3. The monoisotopic (exact) mass is 257 g/mol. The molecule has 7 heteroatoms. The summed E-state index contributed by atoms with van der Waals surface area (Å²) in [6.07, 6.45) is 2.70. The van der Waals surface area contributed by atoms with Gasteiger partial charge in [0.15, 0.2) is 5.65 Å². The molecule has 2 N–H and O–H groups in total. The number of imidazole rings is 1. The molecule has 96 valence electrons. The van der Waals surface area contributed by atoms with Gasteiger partial charge in [-0.1, -0.05) is 6.58 Å². The van der Waals surface area contributed by atoms with Crippen molar-refractivity contribution in [1.29, 1.82) is 0 Å². The van der Waals surface area contributed by atoms with Crippen LogP contribution >= 0.6 is 0 Å². The van der Waals surface area contributed by atoms with Crippen LogP contribution in [0.5, 0.6) is 0 Å². The van der Waals surface area contributed by atoms with E-state index in [-0.39, 0.29) is 17.5 Å². The first kappa shape index (κ1) is 10.5. The zero-order valence-electron chi connectivity index (χ0n) is 10.0. The molecule has 0 atom stereocenters. The summed E-state index contributed by atoms with van der Waals surface area (Å²) in [6.45, 7) is 3.83. The number of H-pyrrole nitrogens is 1. The van der Waals surface area contributed by atoms with Crippen LogP contribution < -0.4 is 11.0 Å². The quantitative estimate of drug-likeness (QED) is 0.744. The molecule has 2 aromatic rings. The Balaban J connectivity index is 1.97. The number of rotatable bonds is 1. The number of allylic oxidation sites excluding steroid dienone is 1. The van der Waals surface area contributed by atoms with Crippen LogP contribution in [0.3, 0.4) is 0 Å². The lowest BCUT2D eigenvalue weighted by Crippen LogP contribution is -2.65. The van der Waals surface area contributed by atoms with Crippen LogP contribution in [0, 0.1) is 5.92 Å². The predicted octanol–water partition coefficient (Wildman–Crippen LogP) is -0.132. The van der Waals surface area contributed by atoms with E-state index in [2.05, 4.69) is 27.1 Å². The van der Waals surface area contributed by atoms with E-state index >= 15 is 0 Å². The van der Waals surface area contributed by atoms with Crippen LogP contribution in [-0.2, 0) is 10.3 Å². The zero-order chi connectivity index (χ0) is 13.2. The molecule has 1 amide bonds. The molecule has 4 heterocycles. The van der Waals surface area contributed by atoms with E-state index in [9.17, 15) is 9.59 Å². The van der Waals surface area contributed by atoms with Crippen LogP contribution in [0.15, 0.2) is 29.3 Å². The fraction of sp³-hybridized carbons (Fsp3) is 0.333. The first-order chi connectivity index (χ1) is 9.12. The van der Waals surface area contributed by atoms with Gasteiger partial charge in [0.2, 0.25) is 0 Å². The summed E-state index contributed by atoms with van der Waals surface area (Å²) >= 11 is 0. The van der Waals surface area contributed by atoms with Crippen molar-refractivity contribution in [3.8, 4) is 0 Å². The number of hydrogen-bond acceptors (Lipinski definition) is 4. The van der Waals surface area contributed by atoms with Crippen molar-refractivity contribution in [2.45, 2.75) is 18.4 Å². The van der Waals surface area contributed by atoms with E-state index in [0.29, 0.717) is 24.0 Å². The molecule has 19 heavy (non-hydrogen) atoms. The van der Waals surface area contributed by atoms with Gasteiger partial charge in [-0.2, -0.15) is 5.10 Å². The molecule has 0 radical (unpaired) electrons. The highest BCUT2D eigenvalue weighted by Crippen LogP contribution is 2.50. The van der Waals surface area contributed by atoms with Gasteiger partial charge in [-0.3, -0.25) is 9.36 Å². The second kappa shape index (κ2) is 3.11. The topological polar surface area (TPSA) is 92.7 Å². The van der Waals surface area contributed by atoms with Crippen molar-refractivity contribution in [1.82, 2.24) is 25.1 Å². The number of carbonyl (C=O) groups is 1. The lowest BCUT2D eigenvalue weighted by atomic mass is 9.63. The average Bonchev–Trinajstić information content (AvgIpc) is 2.64. The summed E-state index contributed by atoms with van der Waals surface area (Å²) in [5.74, 6) is 0.0554.